The lowest BCUT2D eigenvalue weighted by atomic mass is 10.1. The smallest absolute Gasteiger partial charge is 0.344 e. The lowest BCUT2D eigenvalue weighted by molar-refractivity contribution is -0.137. The first kappa shape index (κ1) is 21.1. The summed E-state index contributed by atoms with van der Waals surface area (Å²) >= 11 is 5.96. The van der Waals surface area contributed by atoms with Gasteiger partial charge in [0.05, 0.1) is 10.7 Å². The predicted molar refractivity (Wildman–Crippen MR) is 106 cm³/mol. The first-order valence-electron chi connectivity index (χ1n) is 8.22. The van der Waals surface area contributed by atoms with Gasteiger partial charge in [-0.2, -0.15) is 0 Å². The van der Waals surface area contributed by atoms with Crippen molar-refractivity contribution in [2.75, 3.05) is 6.61 Å². The summed E-state index contributed by atoms with van der Waals surface area (Å²) in [6, 6.07) is 10.3. The predicted octanol–water partition coefficient (Wildman–Crippen LogP) is 3.44. The van der Waals surface area contributed by atoms with Crippen molar-refractivity contribution in [1.29, 1.82) is 0 Å². The van der Waals surface area contributed by atoms with Crippen LogP contribution in [0, 0.1) is 12.7 Å². The fourth-order valence-electron chi connectivity index (χ4n) is 2.37. The van der Waals surface area contributed by atoms with E-state index in [1.165, 1.54) is 31.2 Å². The van der Waals surface area contributed by atoms with Gasteiger partial charge in [-0.05, 0) is 49.7 Å². The number of esters is 1. The number of ketones is 1. The Morgan fingerprint density at radius 3 is 2.46 bits per heavy atom. The number of carbonyl (C=O) groups is 2. The lowest BCUT2D eigenvalue weighted by Gasteiger charge is -2.10. The second-order valence-electron chi connectivity index (χ2n) is 5.97. The monoisotopic (exact) mass is 403 g/mol. The van der Waals surface area contributed by atoms with E-state index in [1.807, 2.05) is 0 Å². The maximum absolute atomic E-state index is 13.2. The normalized spacial score (nSPS) is 12.4. The number of aliphatic imine (C=N–C) groups is 1. The minimum absolute atomic E-state index is 0.0659. The summed E-state index contributed by atoms with van der Waals surface area (Å²) in [5.41, 5.74) is 12.7. The van der Waals surface area contributed by atoms with Crippen LogP contribution in [0.5, 0.6) is 0 Å². The van der Waals surface area contributed by atoms with Crippen molar-refractivity contribution in [3.8, 4) is 0 Å². The number of hydrogen-bond acceptors (Lipinski definition) is 5. The molecule has 0 spiro atoms. The molecule has 0 radical (unpaired) electrons. The molecule has 0 atom stereocenters. The minimum atomic E-state index is -0.901. The average molecular weight is 404 g/mol. The molecule has 0 saturated heterocycles. The second kappa shape index (κ2) is 9.14. The summed E-state index contributed by atoms with van der Waals surface area (Å²) in [4.78, 5) is 28.7. The van der Waals surface area contributed by atoms with E-state index in [2.05, 4.69) is 4.99 Å². The molecule has 4 N–H and O–H groups in total. The largest absolute Gasteiger partial charge is 0.454 e. The third kappa shape index (κ3) is 5.17. The van der Waals surface area contributed by atoms with Crippen molar-refractivity contribution in [2.45, 2.75) is 13.8 Å². The molecule has 0 amide bonds. The topological polar surface area (TPSA) is 108 Å². The maximum atomic E-state index is 13.2. The highest BCUT2D eigenvalue weighted by atomic mass is 35.5. The summed E-state index contributed by atoms with van der Waals surface area (Å²) in [6.07, 6.45) is 0. The highest BCUT2D eigenvalue weighted by molar-refractivity contribution is 6.34. The van der Waals surface area contributed by atoms with Crippen molar-refractivity contribution in [3.63, 3.8) is 0 Å². The third-order valence-corrected chi connectivity index (χ3v) is 4.09. The van der Waals surface area contributed by atoms with Crippen LogP contribution in [0.4, 0.5) is 10.1 Å². The number of allylic oxidation sites excluding steroid dienone is 1. The first-order valence-corrected chi connectivity index (χ1v) is 8.60. The molecule has 2 aromatic carbocycles. The zero-order valence-corrected chi connectivity index (χ0v) is 16.1. The molecule has 0 aromatic heterocycles. The van der Waals surface area contributed by atoms with Gasteiger partial charge >= 0.3 is 5.97 Å². The molecule has 146 valence electrons. The van der Waals surface area contributed by atoms with Gasteiger partial charge in [-0.3, -0.25) is 4.79 Å². The van der Waals surface area contributed by atoms with Crippen LogP contribution < -0.4 is 11.5 Å². The summed E-state index contributed by atoms with van der Waals surface area (Å²) in [5.74, 6) is -2.00. The van der Waals surface area contributed by atoms with E-state index in [4.69, 9.17) is 27.8 Å². The molecule has 2 rings (SSSR count). The fraction of sp³-hybridized carbons (Fsp3) is 0.150. The molecule has 0 unspecified atom stereocenters. The van der Waals surface area contributed by atoms with E-state index in [1.54, 1.807) is 25.1 Å². The van der Waals surface area contributed by atoms with Crippen molar-refractivity contribution in [1.82, 2.24) is 0 Å². The molecule has 2 aromatic rings. The van der Waals surface area contributed by atoms with Crippen LogP contribution in [0.3, 0.4) is 0 Å². The SMILES string of the molecule is C/C(N)=C(\C(=O)OCC(=O)c1ccccc1Cl)C(N)=Nc1ccc(F)cc1C. The van der Waals surface area contributed by atoms with Crippen LogP contribution in [0.15, 0.2) is 58.7 Å². The number of amidine groups is 1. The van der Waals surface area contributed by atoms with Crippen molar-refractivity contribution >= 4 is 34.9 Å². The Bertz CT molecular complexity index is 982. The van der Waals surface area contributed by atoms with Crippen molar-refractivity contribution in [2.24, 2.45) is 16.5 Å². The number of nitrogens with two attached hydrogens (primary N) is 2. The van der Waals surface area contributed by atoms with Gasteiger partial charge in [0.25, 0.3) is 0 Å². The third-order valence-electron chi connectivity index (χ3n) is 3.76. The van der Waals surface area contributed by atoms with Gasteiger partial charge in [0.2, 0.25) is 5.78 Å². The summed E-state index contributed by atoms with van der Waals surface area (Å²) in [5, 5.41) is 0.252. The Morgan fingerprint density at radius 2 is 1.86 bits per heavy atom. The number of carbonyl (C=O) groups excluding carboxylic acids is 2. The molecule has 0 aliphatic rings. The summed E-state index contributed by atoms with van der Waals surface area (Å²) < 4.78 is 18.3. The van der Waals surface area contributed by atoms with E-state index in [-0.39, 0.29) is 27.7 Å². The van der Waals surface area contributed by atoms with Crippen molar-refractivity contribution in [3.05, 3.63) is 75.7 Å². The summed E-state index contributed by atoms with van der Waals surface area (Å²) in [7, 11) is 0. The number of aryl methyl sites for hydroxylation is 1. The number of hydrogen-bond donors (Lipinski definition) is 2. The van der Waals surface area contributed by atoms with Gasteiger partial charge in [-0.1, -0.05) is 23.7 Å². The first-order chi connectivity index (χ1) is 13.2. The number of halogens is 2. The zero-order chi connectivity index (χ0) is 20.8. The molecule has 8 heteroatoms. The maximum Gasteiger partial charge on any atom is 0.344 e. The Morgan fingerprint density at radius 1 is 1.18 bits per heavy atom. The zero-order valence-electron chi connectivity index (χ0n) is 15.3. The van der Waals surface area contributed by atoms with Crippen LogP contribution in [0.2, 0.25) is 5.02 Å². The average Bonchev–Trinajstić information content (AvgIpc) is 2.62. The Kier molecular flexibility index (Phi) is 6.89. The van der Waals surface area contributed by atoms with Crippen LogP contribution in [0.25, 0.3) is 0 Å². The van der Waals surface area contributed by atoms with Gasteiger partial charge < -0.3 is 16.2 Å². The molecule has 0 heterocycles. The van der Waals surface area contributed by atoms with E-state index in [0.29, 0.717) is 11.3 Å². The van der Waals surface area contributed by atoms with Gasteiger partial charge in [0.1, 0.15) is 17.2 Å². The summed E-state index contributed by atoms with van der Waals surface area (Å²) in [6.45, 7) is 2.56. The highest BCUT2D eigenvalue weighted by Crippen LogP contribution is 2.20. The lowest BCUT2D eigenvalue weighted by Crippen LogP contribution is -2.27. The standard InChI is InChI=1S/C20H19ClFN3O3/c1-11-9-13(22)7-8-16(11)25-19(24)18(12(2)23)20(27)28-10-17(26)14-5-3-4-6-15(14)21/h3-9H,10,23H2,1-2H3,(H2,24,25)/b18-12+. The van der Waals surface area contributed by atoms with Crippen LogP contribution in [0.1, 0.15) is 22.8 Å². The molecule has 0 fully saturated rings. The Hall–Kier alpha value is -3.19. The molecule has 0 bridgehead atoms. The molecule has 0 aliphatic heterocycles. The van der Waals surface area contributed by atoms with Crippen LogP contribution >= 0.6 is 11.6 Å². The number of nitrogens with zero attached hydrogens (tertiary/aromatic N) is 1. The number of Topliss-reactive ketones (excluding diaryl/α,β-unsaturated/α-hetero) is 1. The van der Waals surface area contributed by atoms with E-state index in [0.717, 1.165) is 0 Å². The highest BCUT2D eigenvalue weighted by Gasteiger charge is 2.20. The fourth-order valence-corrected chi connectivity index (χ4v) is 2.61. The minimum Gasteiger partial charge on any atom is -0.454 e. The quantitative estimate of drug-likeness (QED) is 0.252. The number of benzene rings is 2. The molecular weight excluding hydrogens is 385 g/mol. The van der Waals surface area contributed by atoms with E-state index >= 15 is 0 Å². The molecular formula is C20H19ClFN3O3. The Labute approximate surface area is 166 Å². The van der Waals surface area contributed by atoms with Crippen LogP contribution in [-0.4, -0.2) is 24.2 Å². The second-order valence-corrected chi connectivity index (χ2v) is 6.37. The molecule has 0 saturated carbocycles. The van der Waals surface area contributed by atoms with Crippen molar-refractivity contribution < 1.29 is 18.7 Å². The van der Waals surface area contributed by atoms with Gasteiger partial charge in [-0.15, -0.1) is 0 Å². The van der Waals surface area contributed by atoms with Crippen LogP contribution in [-0.2, 0) is 9.53 Å². The molecule has 0 aliphatic carbocycles. The van der Waals surface area contributed by atoms with Gasteiger partial charge in [0.15, 0.2) is 6.61 Å². The number of rotatable bonds is 6. The van der Waals surface area contributed by atoms with E-state index in [9.17, 15) is 14.0 Å². The molecule has 28 heavy (non-hydrogen) atoms. The number of ether oxygens (including phenoxy) is 1. The Balaban J connectivity index is 2.18. The van der Waals surface area contributed by atoms with Gasteiger partial charge in [-0.25, -0.2) is 14.2 Å². The molecule has 6 nitrogen and oxygen atoms in total. The van der Waals surface area contributed by atoms with Gasteiger partial charge in [0, 0.05) is 11.3 Å². The van der Waals surface area contributed by atoms with E-state index < -0.39 is 24.2 Å².